The average molecular weight is 342 g/mol. The molecule has 2 rings (SSSR count). The Kier molecular flexibility index (Phi) is 8.11. The smallest absolute Gasteiger partial charge is 0.191 e. The minimum atomic E-state index is 0.552. The maximum Gasteiger partial charge on any atom is 0.191 e. The van der Waals surface area contributed by atoms with Gasteiger partial charge in [-0.2, -0.15) is 0 Å². The molecule has 0 saturated carbocycles. The second kappa shape index (κ2) is 10.9. The summed E-state index contributed by atoms with van der Waals surface area (Å²) in [6, 6.07) is 13.5. The van der Waals surface area contributed by atoms with Crippen molar-refractivity contribution in [3.05, 3.63) is 54.4 Å². The van der Waals surface area contributed by atoms with E-state index in [0.717, 1.165) is 42.7 Å². The lowest BCUT2D eigenvalue weighted by Gasteiger charge is -2.12. The molecule has 1 heterocycles. The summed E-state index contributed by atoms with van der Waals surface area (Å²) >= 11 is 0. The van der Waals surface area contributed by atoms with E-state index < -0.39 is 0 Å². The Bertz CT molecular complexity index is 647. The van der Waals surface area contributed by atoms with E-state index in [2.05, 4.69) is 20.6 Å². The number of nitrogens with one attached hydrogen (secondary N) is 2. The molecule has 0 fully saturated rings. The van der Waals surface area contributed by atoms with E-state index >= 15 is 0 Å². The van der Waals surface area contributed by atoms with Gasteiger partial charge in [-0.05, 0) is 37.6 Å². The van der Waals surface area contributed by atoms with Gasteiger partial charge in [0.2, 0.25) is 0 Å². The van der Waals surface area contributed by atoms with Crippen molar-refractivity contribution in [2.75, 3.05) is 26.8 Å². The fraction of sp³-hybridized carbons (Fsp3) is 0.368. The summed E-state index contributed by atoms with van der Waals surface area (Å²) in [7, 11) is 1.65. The zero-order chi connectivity index (χ0) is 17.7. The molecule has 2 aromatic rings. The highest BCUT2D eigenvalue weighted by molar-refractivity contribution is 5.79. The van der Waals surface area contributed by atoms with Gasteiger partial charge in [0.1, 0.15) is 11.5 Å². The number of benzene rings is 1. The van der Waals surface area contributed by atoms with Crippen molar-refractivity contribution < 1.29 is 9.47 Å². The Hall–Kier alpha value is -2.76. The minimum absolute atomic E-state index is 0.552. The second-order valence-corrected chi connectivity index (χ2v) is 5.32. The summed E-state index contributed by atoms with van der Waals surface area (Å²) in [5, 5.41) is 6.54. The lowest BCUT2D eigenvalue weighted by Crippen LogP contribution is -2.38. The number of pyridine rings is 1. The van der Waals surface area contributed by atoms with Gasteiger partial charge < -0.3 is 20.1 Å². The number of hydrogen-bond donors (Lipinski definition) is 2. The third-order valence-electron chi connectivity index (χ3n) is 3.39. The first kappa shape index (κ1) is 18.6. The number of ether oxygens (including phenoxy) is 2. The van der Waals surface area contributed by atoms with Crippen molar-refractivity contribution in [3.63, 3.8) is 0 Å². The Morgan fingerprint density at radius 1 is 1.12 bits per heavy atom. The van der Waals surface area contributed by atoms with Gasteiger partial charge in [0.15, 0.2) is 5.96 Å². The number of hydrogen-bond acceptors (Lipinski definition) is 4. The van der Waals surface area contributed by atoms with E-state index in [1.165, 1.54) is 0 Å². The molecule has 0 spiro atoms. The zero-order valence-electron chi connectivity index (χ0n) is 14.9. The number of rotatable bonds is 9. The quantitative estimate of drug-likeness (QED) is 0.416. The Labute approximate surface area is 149 Å². The van der Waals surface area contributed by atoms with E-state index in [4.69, 9.17) is 9.47 Å². The third kappa shape index (κ3) is 7.12. The monoisotopic (exact) mass is 342 g/mol. The van der Waals surface area contributed by atoms with Crippen molar-refractivity contribution >= 4 is 5.96 Å². The molecule has 0 bridgehead atoms. The van der Waals surface area contributed by atoms with E-state index in [1.807, 2.05) is 49.4 Å². The van der Waals surface area contributed by atoms with Gasteiger partial charge in [0, 0.05) is 25.4 Å². The highest BCUT2D eigenvalue weighted by Crippen LogP contribution is 2.18. The summed E-state index contributed by atoms with van der Waals surface area (Å²) in [5.41, 5.74) is 0.945. The van der Waals surface area contributed by atoms with Crippen LogP contribution in [0.5, 0.6) is 11.5 Å². The standard InChI is InChI=1S/C19H26N4O2/c1-3-20-19(23-15-16-8-4-5-11-21-16)22-12-7-13-25-18-10-6-9-17(14-18)24-2/h4-6,8-11,14H,3,7,12-13,15H2,1-2H3,(H2,20,22,23). The number of methoxy groups -OCH3 is 1. The van der Waals surface area contributed by atoms with Gasteiger partial charge in [0.25, 0.3) is 0 Å². The predicted octanol–water partition coefficient (Wildman–Crippen LogP) is 2.61. The number of nitrogens with zero attached hydrogens (tertiary/aromatic N) is 2. The van der Waals surface area contributed by atoms with Crippen LogP contribution >= 0.6 is 0 Å². The maximum absolute atomic E-state index is 5.73. The molecular weight excluding hydrogens is 316 g/mol. The lowest BCUT2D eigenvalue weighted by molar-refractivity contribution is 0.308. The van der Waals surface area contributed by atoms with Gasteiger partial charge in [-0.1, -0.05) is 12.1 Å². The maximum atomic E-state index is 5.73. The van der Waals surface area contributed by atoms with Gasteiger partial charge in [-0.3, -0.25) is 4.98 Å². The molecule has 0 saturated heterocycles. The van der Waals surface area contributed by atoms with Crippen molar-refractivity contribution in [2.45, 2.75) is 19.9 Å². The van der Waals surface area contributed by atoms with Crippen LogP contribution < -0.4 is 20.1 Å². The van der Waals surface area contributed by atoms with Crippen molar-refractivity contribution in [2.24, 2.45) is 4.99 Å². The van der Waals surface area contributed by atoms with Gasteiger partial charge in [-0.15, -0.1) is 0 Å². The first-order chi connectivity index (χ1) is 12.3. The molecule has 1 aromatic heterocycles. The molecule has 2 N–H and O–H groups in total. The highest BCUT2D eigenvalue weighted by Gasteiger charge is 1.99. The van der Waals surface area contributed by atoms with E-state index in [0.29, 0.717) is 13.2 Å². The van der Waals surface area contributed by atoms with Crippen molar-refractivity contribution in [1.29, 1.82) is 0 Å². The molecule has 0 radical (unpaired) electrons. The molecule has 0 atom stereocenters. The Morgan fingerprint density at radius 2 is 2.00 bits per heavy atom. The van der Waals surface area contributed by atoms with Crippen LogP contribution in [0.25, 0.3) is 0 Å². The summed E-state index contributed by atoms with van der Waals surface area (Å²) in [4.78, 5) is 8.81. The molecule has 6 heteroatoms. The van der Waals surface area contributed by atoms with Crippen molar-refractivity contribution in [3.8, 4) is 11.5 Å². The third-order valence-corrected chi connectivity index (χ3v) is 3.39. The SMILES string of the molecule is CCNC(=NCc1ccccn1)NCCCOc1cccc(OC)c1. The summed E-state index contributed by atoms with van der Waals surface area (Å²) < 4.78 is 10.9. The minimum Gasteiger partial charge on any atom is -0.497 e. The predicted molar refractivity (Wildman–Crippen MR) is 100 cm³/mol. The summed E-state index contributed by atoms with van der Waals surface area (Å²) in [5.74, 6) is 2.40. The number of aromatic nitrogens is 1. The van der Waals surface area contributed by atoms with Gasteiger partial charge in [-0.25, -0.2) is 4.99 Å². The van der Waals surface area contributed by atoms with Crippen LogP contribution in [0.3, 0.4) is 0 Å². The molecular formula is C19H26N4O2. The van der Waals surface area contributed by atoms with Crippen LogP contribution in [-0.2, 0) is 6.54 Å². The van der Waals surface area contributed by atoms with Gasteiger partial charge in [0.05, 0.1) is 26.0 Å². The van der Waals surface area contributed by atoms with Crippen LogP contribution in [0.2, 0.25) is 0 Å². The molecule has 0 aliphatic carbocycles. The zero-order valence-corrected chi connectivity index (χ0v) is 14.9. The van der Waals surface area contributed by atoms with E-state index in [1.54, 1.807) is 13.3 Å². The number of aliphatic imine (C=N–C) groups is 1. The molecule has 25 heavy (non-hydrogen) atoms. The van der Waals surface area contributed by atoms with E-state index in [-0.39, 0.29) is 0 Å². The van der Waals surface area contributed by atoms with Crippen LogP contribution in [0.15, 0.2) is 53.7 Å². The van der Waals surface area contributed by atoms with E-state index in [9.17, 15) is 0 Å². The fourth-order valence-corrected chi connectivity index (χ4v) is 2.15. The van der Waals surface area contributed by atoms with Crippen LogP contribution in [-0.4, -0.2) is 37.7 Å². The average Bonchev–Trinajstić information content (AvgIpc) is 2.66. The largest absolute Gasteiger partial charge is 0.497 e. The fourth-order valence-electron chi connectivity index (χ4n) is 2.15. The summed E-state index contributed by atoms with van der Waals surface area (Å²) in [6.07, 6.45) is 2.65. The Balaban J connectivity index is 1.71. The molecule has 0 amide bonds. The van der Waals surface area contributed by atoms with Gasteiger partial charge >= 0.3 is 0 Å². The molecule has 0 aliphatic rings. The molecule has 6 nitrogen and oxygen atoms in total. The molecule has 0 aliphatic heterocycles. The molecule has 1 aromatic carbocycles. The lowest BCUT2D eigenvalue weighted by atomic mass is 10.3. The first-order valence-electron chi connectivity index (χ1n) is 8.50. The first-order valence-corrected chi connectivity index (χ1v) is 8.50. The van der Waals surface area contributed by atoms with Crippen molar-refractivity contribution in [1.82, 2.24) is 15.6 Å². The summed E-state index contributed by atoms with van der Waals surface area (Å²) in [6.45, 7) is 4.81. The highest BCUT2D eigenvalue weighted by atomic mass is 16.5. The van der Waals surface area contributed by atoms with Crippen LogP contribution in [0, 0.1) is 0 Å². The molecule has 134 valence electrons. The van der Waals surface area contributed by atoms with Crippen LogP contribution in [0.1, 0.15) is 19.0 Å². The van der Waals surface area contributed by atoms with Crippen LogP contribution in [0.4, 0.5) is 0 Å². The topological polar surface area (TPSA) is 67.8 Å². The normalized spacial score (nSPS) is 11.0. The number of guanidine groups is 1. The Morgan fingerprint density at radius 3 is 2.76 bits per heavy atom. The molecule has 0 unspecified atom stereocenters. The second-order valence-electron chi connectivity index (χ2n) is 5.32.